The molecule has 9 nitrogen and oxygen atoms in total. The molecule has 0 aromatic heterocycles. The van der Waals surface area contributed by atoms with Crippen LogP contribution in [-0.2, 0) is 20.8 Å². The molecule has 0 amide bonds. The summed E-state index contributed by atoms with van der Waals surface area (Å²) in [7, 11) is 1.98. The Bertz CT molecular complexity index is 1410. The molecule has 4 atom stereocenters. The third-order valence-electron chi connectivity index (χ3n) is 8.33. The lowest BCUT2D eigenvalue weighted by atomic mass is 9.87. The van der Waals surface area contributed by atoms with E-state index in [4.69, 9.17) is 5.11 Å². The number of Topliss-reactive ketones (excluding diaryl/α,β-unsaturated/α-hetero) is 1. The van der Waals surface area contributed by atoms with Gasteiger partial charge in [-0.1, -0.05) is 31.2 Å². The van der Waals surface area contributed by atoms with Crippen molar-refractivity contribution in [1.82, 2.24) is 4.90 Å². The molecule has 5 rings (SSSR count). The zero-order valence-electron chi connectivity index (χ0n) is 23.2. The number of ketones is 1. The van der Waals surface area contributed by atoms with E-state index in [0.717, 1.165) is 37.9 Å². The highest BCUT2D eigenvalue weighted by Crippen LogP contribution is 2.39. The van der Waals surface area contributed by atoms with Crippen molar-refractivity contribution in [1.29, 1.82) is 0 Å². The van der Waals surface area contributed by atoms with Gasteiger partial charge in [0.2, 0.25) is 0 Å². The summed E-state index contributed by atoms with van der Waals surface area (Å²) >= 11 is 0. The van der Waals surface area contributed by atoms with E-state index in [2.05, 4.69) is 22.1 Å². The van der Waals surface area contributed by atoms with Gasteiger partial charge in [0.25, 0.3) is 0 Å². The Kier molecular flexibility index (Phi) is 8.10. The first-order valence-electron chi connectivity index (χ1n) is 14.0. The molecule has 0 spiro atoms. The summed E-state index contributed by atoms with van der Waals surface area (Å²) in [4.78, 5) is 44.9. The standard InChI is InChI=1S/C31H35FN4O5/c1-18-3-12-27(37)30(18)36(22-8-10-25-21(14-22)16-35(2)17-33-25)23-9-11-26(24(32)15-23)34-29(31(40)41)20-6-4-19(5-7-20)13-28(38)39/h4-7,9,11,15,17-18,22,29-30,34H,3,8,10,12-14,16H2,1-2H3,(H,38,39)(H,40,41)/t18?,22?,29-,30?/m1/s1. The van der Waals surface area contributed by atoms with Gasteiger partial charge in [-0.25, -0.2) is 14.2 Å². The maximum absolute atomic E-state index is 15.7. The Hall–Kier alpha value is -4.21. The average molecular weight is 563 g/mol. The molecule has 1 heterocycles. The second kappa shape index (κ2) is 11.7. The van der Waals surface area contributed by atoms with Crippen LogP contribution in [0.25, 0.3) is 0 Å². The quantitative estimate of drug-likeness (QED) is 0.404. The Labute approximate surface area is 238 Å². The lowest BCUT2D eigenvalue weighted by molar-refractivity contribution is -0.138. The number of rotatable bonds is 9. The fourth-order valence-corrected chi connectivity index (χ4v) is 6.29. The molecule has 2 aliphatic carbocycles. The molecule has 10 heteroatoms. The molecule has 2 aromatic carbocycles. The lowest BCUT2D eigenvalue weighted by Gasteiger charge is -2.43. The number of benzene rings is 2. The third kappa shape index (κ3) is 6.11. The van der Waals surface area contributed by atoms with E-state index in [1.807, 2.05) is 18.3 Å². The first kappa shape index (κ1) is 28.3. The minimum absolute atomic E-state index is 0.0132. The van der Waals surface area contributed by atoms with E-state index in [-0.39, 0.29) is 35.9 Å². The van der Waals surface area contributed by atoms with Crippen molar-refractivity contribution in [3.05, 3.63) is 70.7 Å². The second-order valence-electron chi connectivity index (χ2n) is 11.3. The Morgan fingerprint density at radius 2 is 1.90 bits per heavy atom. The number of carboxylic acid groups (broad SMARTS) is 2. The van der Waals surface area contributed by atoms with Crippen molar-refractivity contribution < 1.29 is 29.0 Å². The zero-order valence-corrected chi connectivity index (χ0v) is 23.2. The van der Waals surface area contributed by atoms with Crippen molar-refractivity contribution in [2.75, 3.05) is 23.8 Å². The topological polar surface area (TPSA) is 123 Å². The SMILES string of the molecule is CC1CCC(=O)C1N(c1ccc(N[C@@H](C(=O)O)c2ccc(CC(=O)O)cc2)c(F)c1)C1CCC2=C(C1)CN(C)C=N2. The average Bonchev–Trinajstić information content (AvgIpc) is 3.25. The van der Waals surface area contributed by atoms with Crippen molar-refractivity contribution in [3.8, 4) is 0 Å². The van der Waals surface area contributed by atoms with Crippen LogP contribution in [0, 0.1) is 11.7 Å². The van der Waals surface area contributed by atoms with Crippen LogP contribution >= 0.6 is 0 Å². The molecule has 3 aliphatic rings. The van der Waals surface area contributed by atoms with Crippen molar-refractivity contribution >= 4 is 35.4 Å². The number of hydrogen-bond donors (Lipinski definition) is 3. The fraction of sp³-hybridized carbons (Fsp3) is 0.419. The molecule has 1 saturated carbocycles. The van der Waals surface area contributed by atoms with Gasteiger partial charge in [0.05, 0.1) is 24.5 Å². The fourth-order valence-electron chi connectivity index (χ4n) is 6.29. The number of anilines is 2. The Balaban J connectivity index is 1.42. The van der Waals surface area contributed by atoms with Gasteiger partial charge in [0.1, 0.15) is 5.82 Å². The summed E-state index contributed by atoms with van der Waals surface area (Å²) in [5.74, 6) is -2.50. The molecule has 3 N–H and O–H groups in total. The van der Waals surface area contributed by atoms with Gasteiger partial charge in [0, 0.05) is 37.4 Å². The number of nitrogens with one attached hydrogen (secondary N) is 1. The molecule has 41 heavy (non-hydrogen) atoms. The van der Waals surface area contributed by atoms with Crippen LogP contribution in [0.5, 0.6) is 0 Å². The van der Waals surface area contributed by atoms with E-state index in [0.29, 0.717) is 23.2 Å². The Morgan fingerprint density at radius 3 is 2.54 bits per heavy atom. The smallest absolute Gasteiger partial charge is 0.330 e. The summed E-state index contributed by atoms with van der Waals surface area (Å²) in [6, 6.07) is 9.28. The summed E-state index contributed by atoms with van der Waals surface area (Å²) in [5, 5.41) is 21.7. The van der Waals surface area contributed by atoms with Gasteiger partial charge in [-0.3, -0.25) is 9.59 Å². The maximum Gasteiger partial charge on any atom is 0.330 e. The molecule has 0 radical (unpaired) electrons. The number of hydrogen-bond acceptors (Lipinski definition) is 7. The number of aliphatic carboxylic acids is 2. The summed E-state index contributed by atoms with van der Waals surface area (Å²) in [6.07, 6.45) is 5.30. The van der Waals surface area contributed by atoms with Crippen LogP contribution in [0.4, 0.5) is 15.8 Å². The summed E-state index contributed by atoms with van der Waals surface area (Å²) < 4.78 is 15.7. The van der Waals surface area contributed by atoms with Crippen LogP contribution in [0.2, 0.25) is 0 Å². The molecule has 0 saturated heterocycles. The van der Waals surface area contributed by atoms with E-state index in [1.54, 1.807) is 18.2 Å². The highest BCUT2D eigenvalue weighted by Gasteiger charge is 2.41. The number of nitrogens with zero attached hydrogens (tertiary/aromatic N) is 3. The number of carboxylic acids is 2. The van der Waals surface area contributed by atoms with Crippen LogP contribution in [0.15, 0.2) is 58.7 Å². The van der Waals surface area contributed by atoms with Crippen molar-refractivity contribution in [2.24, 2.45) is 10.9 Å². The first-order chi connectivity index (χ1) is 19.6. The highest BCUT2D eigenvalue weighted by atomic mass is 19.1. The van der Waals surface area contributed by atoms with Crippen molar-refractivity contribution in [2.45, 2.75) is 63.6 Å². The van der Waals surface area contributed by atoms with Gasteiger partial charge in [-0.05, 0) is 66.5 Å². The van der Waals surface area contributed by atoms with Gasteiger partial charge in [0.15, 0.2) is 11.8 Å². The summed E-state index contributed by atoms with van der Waals surface area (Å²) in [5.41, 5.74) is 3.88. The molecule has 1 aliphatic heterocycles. The van der Waals surface area contributed by atoms with Crippen LogP contribution in [0.1, 0.15) is 56.2 Å². The molecular weight excluding hydrogens is 527 g/mol. The molecule has 1 fully saturated rings. The van der Waals surface area contributed by atoms with E-state index < -0.39 is 23.8 Å². The zero-order chi connectivity index (χ0) is 29.3. The van der Waals surface area contributed by atoms with Gasteiger partial charge < -0.3 is 25.3 Å². The second-order valence-corrected chi connectivity index (χ2v) is 11.3. The number of likely N-dealkylation sites (N-methyl/N-ethyl adjacent to an activating group) is 1. The predicted octanol–water partition coefficient (Wildman–Crippen LogP) is 4.64. The Morgan fingerprint density at radius 1 is 1.15 bits per heavy atom. The number of carbonyl (C=O) groups is 3. The van der Waals surface area contributed by atoms with Gasteiger partial charge in [-0.2, -0.15) is 0 Å². The number of allylic oxidation sites excluding steroid dienone is 1. The molecule has 2 aromatic rings. The molecule has 3 unspecified atom stereocenters. The van der Waals surface area contributed by atoms with Gasteiger partial charge >= 0.3 is 11.9 Å². The van der Waals surface area contributed by atoms with E-state index >= 15 is 4.39 Å². The highest BCUT2D eigenvalue weighted by molar-refractivity contribution is 5.90. The molecule has 0 bridgehead atoms. The maximum atomic E-state index is 15.7. The van der Waals surface area contributed by atoms with Gasteiger partial charge in [-0.15, -0.1) is 0 Å². The van der Waals surface area contributed by atoms with Crippen LogP contribution < -0.4 is 10.2 Å². The minimum Gasteiger partial charge on any atom is -0.481 e. The first-order valence-corrected chi connectivity index (χ1v) is 14.0. The number of carbonyl (C=O) groups excluding carboxylic acids is 1. The molecule has 216 valence electrons. The monoisotopic (exact) mass is 562 g/mol. The number of halogens is 1. The summed E-state index contributed by atoms with van der Waals surface area (Å²) in [6.45, 7) is 2.85. The van der Waals surface area contributed by atoms with Crippen molar-refractivity contribution in [3.63, 3.8) is 0 Å². The minimum atomic E-state index is -1.24. The van der Waals surface area contributed by atoms with E-state index in [9.17, 15) is 19.5 Å². The van der Waals surface area contributed by atoms with E-state index in [1.165, 1.54) is 29.8 Å². The molecular formula is C31H35FN4O5. The van der Waals surface area contributed by atoms with Crippen LogP contribution in [0.3, 0.4) is 0 Å². The third-order valence-corrected chi connectivity index (χ3v) is 8.33. The lowest BCUT2D eigenvalue weighted by Crippen LogP contribution is -2.49. The normalized spacial score (nSPS) is 22.9. The largest absolute Gasteiger partial charge is 0.481 e. The predicted molar refractivity (Wildman–Crippen MR) is 154 cm³/mol. The number of aliphatic imine (C=N–C) groups is 1. The van der Waals surface area contributed by atoms with Crippen LogP contribution in [-0.4, -0.2) is 64.8 Å².